The van der Waals surface area contributed by atoms with Gasteiger partial charge in [-0.05, 0) is 65.4 Å². The molecule has 0 saturated carbocycles. The zero-order chi connectivity index (χ0) is 26.3. The van der Waals surface area contributed by atoms with Gasteiger partial charge in [0.25, 0.3) is 0 Å². The van der Waals surface area contributed by atoms with Gasteiger partial charge >= 0.3 is 5.97 Å². The van der Waals surface area contributed by atoms with Crippen LogP contribution in [0.15, 0.2) is 72.8 Å². The van der Waals surface area contributed by atoms with E-state index < -0.39 is 0 Å². The molecule has 0 fully saturated rings. The number of rotatable bonds is 16. The molecule has 3 aromatic carbocycles. The second kappa shape index (κ2) is 15.8. The van der Waals surface area contributed by atoms with Crippen molar-refractivity contribution < 1.29 is 19.0 Å². The Labute approximate surface area is 223 Å². The van der Waals surface area contributed by atoms with Crippen molar-refractivity contribution >= 4 is 5.97 Å². The molecule has 3 rings (SSSR count). The van der Waals surface area contributed by atoms with Gasteiger partial charge in [-0.15, -0.1) is 0 Å². The summed E-state index contributed by atoms with van der Waals surface area (Å²) in [6.45, 7) is 8.07. The third-order valence-electron chi connectivity index (χ3n) is 6.60. The third kappa shape index (κ3) is 9.95. The van der Waals surface area contributed by atoms with E-state index in [-0.39, 0.29) is 5.97 Å². The minimum absolute atomic E-state index is 0.277. The van der Waals surface area contributed by atoms with Crippen LogP contribution in [0.2, 0.25) is 0 Å². The average molecular weight is 503 g/mol. The van der Waals surface area contributed by atoms with E-state index in [1.54, 1.807) is 12.1 Å². The van der Waals surface area contributed by atoms with Crippen LogP contribution in [0.1, 0.15) is 81.6 Å². The van der Waals surface area contributed by atoms with Gasteiger partial charge < -0.3 is 14.2 Å². The maximum absolute atomic E-state index is 12.2. The van der Waals surface area contributed by atoms with Crippen LogP contribution in [0, 0.1) is 5.92 Å². The maximum Gasteiger partial charge on any atom is 0.338 e. The van der Waals surface area contributed by atoms with E-state index in [1.165, 1.54) is 32.1 Å². The summed E-state index contributed by atoms with van der Waals surface area (Å²) in [7, 11) is 0. The van der Waals surface area contributed by atoms with Crippen molar-refractivity contribution in [2.45, 2.75) is 72.3 Å². The zero-order valence-corrected chi connectivity index (χ0v) is 22.7. The molecule has 4 nitrogen and oxygen atoms in total. The van der Waals surface area contributed by atoms with E-state index in [0.717, 1.165) is 47.6 Å². The van der Waals surface area contributed by atoms with Crippen molar-refractivity contribution in [3.05, 3.63) is 83.9 Å². The Hall–Kier alpha value is -3.27. The van der Waals surface area contributed by atoms with Crippen LogP contribution < -0.4 is 9.47 Å². The third-order valence-corrected chi connectivity index (χ3v) is 6.60. The lowest BCUT2D eigenvalue weighted by Crippen LogP contribution is -2.11. The van der Waals surface area contributed by atoms with Gasteiger partial charge in [-0.3, -0.25) is 0 Å². The highest BCUT2D eigenvalue weighted by atomic mass is 16.5. The molecule has 0 heterocycles. The largest absolute Gasteiger partial charge is 0.494 e. The Morgan fingerprint density at radius 1 is 0.703 bits per heavy atom. The minimum atomic E-state index is -0.277. The van der Waals surface area contributed by atoms with E-state index in [2.05, 4.69) is 45.0 Å². The van der Waals surface area contributed by atoms with Crippen molar-refractivity contribution in [1.29, 1.82) is 0 Å². The standard InChI is InChI=1S/C33H42O4/c1-4-6-7-8-9-10-23-35-31-19-15-28(16-20-31)29-17-21-32(22-18-29)36-25-27-11-13-30(14-12-27)33(34)37-24-26(3)5-2/h11-22,26H,4-10,23-25H2,1-3H3/t26-/m0/s1. The van der Waals surface area contributed by atoms with E-state index in [9.17, 15) is 4.79 Å². The first-order valence-electron chi connectivity index (χ1n) is 13.8. The normalized spacial score (nSPS) is 11.6. The van der Waals surface area contributed by atoms with Gasteiger partial charge in [-0.2, -0.15) is 0 Å². The van der Waals surface area contributed by atoms with Crippen LogP contribution in [0.25, 0.3) is 11.1 Å². The van der Waals surface area contributed by atoms with Crippen LogP contribution >= 0.6 is 0 Å². The molecule has 0 bridgehead atoms. The summed E-state index contributed by atoms with van der Waals surface area (Å²) >= 11 is 0. The molecule has 198 valence electrons. The zero-order valence-electron chi connectivity index (χ0n) is 22.7. The topological polar surface area (TPSA) is 44.8 Å². The molecule has 37 heavy (non-hydrogen) atoms. The van der Waals surface area contributed by atoms with Crippen LogP contribution in [-0.2, 0) is 11.3 Å². The highest BCUT2D eigenvalue weighted by molar-refractivity contribution is 5.89. The van der Waals surface area contributed by atoms with Gasteiger partial charge in [-0.25, -0.2) is 4.79 Å². The van der Waals surface area contributed by atoms with E-state index in [4.69, 9.17) is 14.2 Å². The van der Waals surface area contributed by atoms with Crippen molar-refractivity contribution in [2.75, 3.05) is 13.2 Å². The smallest absolute Gasteiger partial charge is 0.338 e. The number of benzene rings is 3. The molecule has 0 aliphatic heterocycles. The summed E-state index contributed by atoms with van der Waals surface area (Å²) in [5.74, 6) is 1.82. The molecule has 0 amide bonds. The van der Waals surface area contributed by atoms with Gasteiger partial charge in [0.1, 0.15) is 18.1 Å². The Kier molecular flexibility index (Phi) is 12.1. The number of hydrogen-bond donors (Lipinski definition) is 0. The van der Waals surface area contributed by atoms with Crippen LogP contribution in [0.4, 0.5) is 0 Å². The molecule has 3 aromatic rings. The quantitative estimate of drug-likeness (QED) is 0.145. The van der Waals surface area contributed by atoms with Gasteiger partial charge in [0.05, 0.1) is 18.8 Å². The predicted molar refractivity (Wildman–Crippen MR) is 151 cm³/mol. The summed E-state index contributed by atoms with van der Waals surface area (Å²) in [6.07, 6.45) is 8.60. The van der Waals surface area contributed by atoms with Gasteiger partial charge in [0.2, 0.25) is 0 Å². The Morgan fingerprint density at radius 2 is 1.27 bits per heavy atom. The second-order valence-corrected chi connectivity index (χ2v) is 9.76. The molecular weight excluding hydrogens is 460 g/mol. The van der Waals surface area contributed by atoms with Crippen LogP contribution in [0.3, 0.4) is 0 Å². The molecule has 0 saturated heterocycles. The molecule has 0 aliphatic carbocycles. The predicted octanol–water partition coefficient (Wildman–Crippen LogP) is 8.87. The van der Waals surface area contributed by atoms with Crippen LogP contribution in [-0.4, -0.2) is 19.2 Å². The summed E-state index contributed by atoms with van der Waals surface area (Å²) in [4.78, 5) is 12.2. The Balaban J connectivity index is 1.42. The minimum Gasteiger partial charge on any atom is -0.494 e. The number of carbonyl (C=O) groups is 1. The van der Waals surface area contributed by atoms with E-state index in [0.29, 0.717) is 24.7 Å². The Bertz CT molecular complexity index is 1040. The van der Waals surface area contributed by atoms with Gasteiger partial charge in [0, 0.05) is 0 Å². The molecule has 0 spiro atoms. The van der Waals surface area contributed by atoms with Crippen molar-refractivity contribution in [3.63, 3.8) is 0 Å². The number of esters is 1. The molecule has 0 aromatic heterocycles. The maximum atomic E-state index is 12.2. The van der Waals surface area contributed by atoms with E-state index >= 15 is 0 Å². The monoisotopic (exact) mass is 502 g/mol. The van der Waals surface area contributed by atoms with Crippen molar-refractivity contribution in [2.24, 2.45) is 5.92 Å². The molecule has 4 heteroatoms. The molecule has 0 N–H and O–H groups in total. The molecule has 0 radical (unpaired) electrons. The average Bonchev–Trinajstić information content (AvgIpc) is 2.95. The van der Waals surface area contributed by atoms with Gasteiger partial charge in [0.15, 0.2) is 0 Å². The first kappa shape index (κ1) is 28.3. The van der Waals surface area contributed by atoms with Gasteiger partial charge in [-0.1, -0.05) is 95.7 Å². The highest BCUT2D eigenvalue weighted by Gasteiger charge is 2.09. The number of carbonyl (C=O) groups excluding carboxylic acids is 1. The summed E-state index contributed by atoms with van der Waals surface area (Å²) < 4.78 is 17.2. The fourth-order valence-corrected chi connectivity index (χ4v) is 3.88. The summed E-state index contributed by atoms with van der Waals surface area (Å²) in [6, 6.07) is 23.8. The lowest BCUT2D eigenvalue weighted by atomic mass is 10.1. The number of ether oxygens (including phenoxy) is 3. The fourth-order valence-electron chi connectivity index (χ4n) is 3.88. The number of unbranched alkanes of at least 4 members (excludes halogenated alkanes) is 5. The molecular formula is C33H42O4. The number of hydrogen-bond acceptors (Lipinski definition) is 4. The first-order chi connectivity index (χ1) is 18.1. The molecule has 0 unspecified atom stereocenters. The van der Waals surface area contributed by atoms with Crippen molar-refractivity contribution in [3.8, 4) is 22.6 Å². The fraction of sp³-hybridized carbons (Fsp3) is 0.424. The summed E-state index contributed by atoms with van der Waals surface area (Å²) in [5.41, 5.74) is 3.85. The second-order valence-electron chi connectivity index (χ2n) is 9.76. The van der Waals surface area contributed by atoms with Crippen LogP contribution in [0.5, 0.6) is 11.5 Å². The Morgan fingerprint density at radius 3 is 1.86 bits per heavy atom. The lowest BCUT2D eigenvalue weighted by molar-refractivity contribution is 0.0447. The summed E-state index contributed by atoms with van der Waals surface area (Å²) in [5, 5.41) is 0. The SMILES string of the molecule is CCCCCCCCOc1ccc(-c2ccc(OCc3ccc(C(=O)OC[C@@H](C)CC)cc3)cc2)cc1. The molecule has 1 atom stereocenters. The first-order valence-corrected chi connectivity index (χ1v) is 13.8. The van der Waals surface area contributed by atoms with E-state index in [1.807, 2.05) is 36.4 Å². The van der Waals surface area contributed by atoms with Crippen molar-refractivity contribution in [1.82, 2.24) is 0 Å². The molecule has 0 aliphatic rings. The highest BCUT2D eigenvalue weighted by Crippen LogP contribution is 2.25. The lowest BCUT2D eigenvalue weighted by Gasteiger charge is -2.11.